The minimum atomic E-state index is -3.99. The molecule has 2 heterocycles. The number of nitrogens with zero attached hydrogens (tertiary/aromatic N) is 1. The molecule has 4 rings (SSSR count). The van der Waals surface area contributed by atoms with Crippen LogP contribution >= 0.6 is 0 Å². The van der Waals surface area contributed by atoms with Gasteiger partial charge in [-0.05, 0) is 48.6 Å². The van der Waals surface area contributed by atoms with Crippen LogP contribution in [0.25, 0.3) is 0 Å². The number of fused-ring (bicyclic) bond motifs is 1. The van der Waals surface area contributed by atoms with Crippen molar-refractivity contribution in [2.75, 3.05) is 33.4 Å². The van der Waals surface area contributed by atoms with E-state index < -0.39 is 40.7 Å². The average molecular weight is 591 g/mol. The monoisotopic (exact) mass is 590 g/mol. The van der Waals surface area contributed by atoms with Gasteiger partial charge in [0.1, 0.15) is 18.1 Å². The van der Waals surface area contributed by atoms with Crippen LogP contribution in [0.5, 0.6) is 5.75 Å². The van der Waals surface area contributed by atoms with E-state index >= 15 is 0 Å². The number of methoxy groups -OCH3 is 1. The van der Waals surface area contributed by atoms with Crippen LogP contribution in [0.3, 0.4) is 0 Å². The first kappa shape index (κ1) is 30.9. The van der Waals surface area contributed by atoms with Crippen molar-refractivity contribution in [2.24, 2.45) is 11.8 Å². The molecule has 1 unspecified atom stereocenters. The fourth-order valence-electron chi connectivity index (χ4n) is 5.02. The van der Waals surface area contributed by atoms with Crippen molar-refractivity contribution in [1.82, 2.24) is 9.62 Å². The van der Waals surface area contributed by atoms with E-state index in [2.05, 4.69) is 5.32 Å². The number of amides is 1. The molecular formula is C29H38N2O9S. The van der Waals surface area contributed by atoms with Crippen molar-refractivity contribution in [3.05, 3.63) is 59.7 Å². The van der Waals surface area contributed by atoms with Crippen LogP contribution in [0.1, 0.15) is 26.7 Å². The van der Waals surface area contributed by atoms with Gasteiger partial charge in [0.25, 0.3) is 0 Å². The number of aliphatic hydroxyl groups is 1. The fourth-order valence-corrected chi connectivity index (χ4v) is 6.64. The summed E-state index contributed by atoms with van der Waals surface area (Å²) in [7, 11) is -2.50. The molecule has 12 heteroatoms. The Labute approximate surface area is 240 Å². The summed E-state index contributed by atoms with van der Waals surface area (Å²) in [5, 5.41) is 14.1. The summed E-state index contributed by atoms with van der Waals surface area (Å²) < 4.78 is 50.3. The van der Waals surface area contributed by atoms with Gasteiger partial charge in [-0.3, -0.25) is 4.79 Å². The first-order chi connectivity index (χ1) is 19.6. The lowest BCUT2D eigenvalue weighted by atomic mass is 9.99. The highest BCUT2D eigenvalue weighted by Crippen LogP contribution is 2.33. The van der Waals surface area contributed by atoms with Gasteiger partial charge in [-0.25, -0.2) is 13.2 Å². The smallest absolute Gasteiger partial charge is 0.408 e. The minimum absolute atomic E-state index is 0.0397. The Morgan fingerprint density at radius 2 is 1.95 bits per heavy atom. The van der Waals surface area contributed by atoms with Crippen molar-refractivity contribution in [3.8, 4) is 5.75 Å². The van der Waals surface area contributed by atoms with Crippen LogP contribution in [0.2, 0.25) is 0 Å². The maximum absolute atomic E-state index is 13.6. The van der Waals surface area contributed by atoms with E-state index in [9.17, 15) is 23.1 Å². The second-order valence-corrected chi connectivity index (χ2v) is 12.6. The zero-order chi connectivity index (χ0) is 29.6. The second kappa shape index (κ2) is 13.8. The summed E-state index contributed by atoms with van der Waals surface area (Å²) in [6, 6.07) is 5.04. The Balaban J connectivity index is 1.54. The number of rotatable bonds is 12. The number of sulfonamides is 1. The fraction of sp³-hybridized carbons (Fsp3) is 0.517. The first-order valence-electron chi connectivity index (χ1n) is 13.7. The third-order valence-corrected chi connectivity index (χ3v) is 9.04. The summed E-state index contributed by atoms with van der Waals surface area (Å²) in [5.41, 5.74) is 1.26. The molecule has 2 fully saturated rings. The number of alkyl carbamates (subject to hydrolysis) is 1. The molecule has 11 nitrogen and oxygen atoms in total. The van der Waals surface area contributed by atoms with E-state index in [1.54, 1.807) is 36.4 Å². The normalized spacial score (nSPS) is 24.7. The summed E-state index contributed by atoms with van der Waals surface area (Å²) >= 11 is 0. The second-order valence-electron chi connectivity index (χ2n) is 10.7. The van der Waals surface area contributed by atoms with E-state index in [4.69, 9.17) is 18.9 Å². The molecule has 41 heavy (non-hydrogen) atoms. The highest BCUT2D eigenvalue weighted by atomic mass is 32.2. The first-order valence-corrected chi connectivity index (χ1v) is 15.1. The Morgan fingerprint density at radius 3 is 2.59 bits per heavy atom. The summed E-state index contributed by atoms with van der Waals surface area (Å²) in [5.74, 6) is 0.415. The van der Waals surface area contributed by atoms with Crippen molar-refractivity contribution >= 4 is 22.4 Å². The van der Waals surface area contributed by atoms with Gasteiger partial charge < -0.3 is 29.4 Å². The lowest BCUT2D eigenvalue weighted by Crippen LogP contribution is -2.50. The zero-order valence-corrected chi connectivity index (χ0v) is 24.3. The molecule has 3 aliphatic rings. The van der Waals surface area contributed by atoms with Gasteiger partial charge in [0.2, 0.25) is 10.0 Å². The van der Waals surface area contributed by atoms with Crippen molar-refractivity contribution in [3.63, 3.8) is 0 Å². The van der Waals surface area contributed by atoms with Gasteiger partial charge in [-0.1, -0.05) is 38.2 Å². The molecule has 2 N–H and O–H groups in total. The number of ether oxygens (including phenoxy) is 4. The average Bonchev–Trinajstić information content (AvgIpc) is 3.57. The van der Waals surface area contributed by atoms with Crippen LogP contribution in [0.4, 0.5) is 4.79 Å². The number of aldehydes is 1. The number of aliphatic hydroxyl groups excluding tert-OH is 1. The summed E-state index contributed by atoms with van der Waals surface area (Å²) in [6.45, 7) is 4.36. The number of carbonyl (C=O) groups is 2. The topological polar surface area (TPSA) is 141 Å². The largest absolute Gasteiger partial charge is 0.497 e. The van der Waals surface area contributed by atoms with Gasteiger partial charge in [0.15, 0.2) is 6.29 Å². The molecule has 1 aliphatic carbocycles. The zero-order valence-electron chi connectivity index (χ0n) is 23.5. The highest BCUT2D eigenvalue weighted by Gasteiger charge is 2.44. The van der Waals surface area contributed by atoms with Gasteiger partial charge in [-0.2, -0.15) is 4.31 Å². The Kier molecular flexibility index (Phi) is 10.4. The molecular weight excluding hydrogens is 552 g/mol. The highest BCUT2D eigenvalue weighted by molar-refractivity contribution is 7.89. The van der Waals surface area contributed by atoms with Crippen LogP contribution in [-0.2, 0) is 29.0 Å². The molecule has 0 saturated carbocycles. The van der Waals surface area contributed by atoms with Crippen LogP contribution in [0, 0.1) is 11.8 Å². The summed E-state index contributed by atoms with van der Waals surface area (Å²) in [6.07, 6.45) is 5.64. The molecule has 1 aromatic rings. The number of carbonyl (C=O) groups excluding carboxylic acids is 2. The Bertz CT molecular complexity index is 1270. The molecule has 224 valence electrons. The lowest BCUT2D eigenvalue weighted by molar-refractivity contribution is -0.104. The van der Waals surface area contributed by atoms with Gasteiger partial charge in [-0.15, -0.1) is 0 Å². The lowest BCUT2D eigenvalue weighted by Gasteiger charge is -2.30. The van der Waals surface area contributed by atoms with Gasteiger partial charge in [0.05, 0.1) is 43.3 Å². The molecule has 0 bridgehead atoms. The van der Waals surface area contributed by atoms with E-state index in [1.807, 2.05) is 13.8 Å². The van der Waals surface area contributed by atoms with E-state index in [0.717, 1.165) is 11.9 Å². The number of hydrogen-bond acceptors (Lipinski definition) is 9. The minimum Gasteiger partial charge on any atom is -0.497 e. The molecule has 2 aliphatic heterocycles. The number of hydrogen-bond donors (Lipinski definition) is 2. The predicted octanol–water partition coefficient (Wildman–Crippen LogP) is 2.57. The van der Waals surface area contributed by atoms with Gasteiger partial charge in [0, 0.05) is 18.7 Å². The molecule has 1 amide bonds. The van der Waals surface area contributed by atoms with Crippen molar-refractivity contribution in [2.45, 2.75) is 56.1 Å². The van der Waals surface area contributed by atoms with Crippen LogP contribution < -0.4 is 10.1 Å². The van der Waals surface area contributed by atoms with Crippen molar-refractivity contribution < 1.29 is 42.1 Å². The van der Waals surface area contributed by atoms with Crippen molar-refractivity contribution in [1.29, 1.82) is 0 Å². The third-order valence-electron chi connectivity index (χ3n) is 7.19. The quantitative estimate of drug-likeness (QED) is 0.352. The summed E-state index contributed by atoms with van der Waals surface area (Å²) in [4.78, 5) is 24.2. The molecule has 0 radical (unpaired) electrons. The molecule has 0 aromatic heterocycles. The molecule has 5 atom stereocenters. The maximum Gasteiger partial charge on any atom is 0.408 e. The molecule has 2 saturated heterocycles. The van der Waals surface area contributed by atoms with Crippen LogP contribution in [-0.4, -0.2) is 88.2 Å². The SMILES string of the molecule is COc1ccc(S(=O)(=O)N(CC(C)C)C[C@@H](O)[C@H](C=C2C=CC(C=O)=CC2)NC(=O)OC2CO[C@H]3OCC[C@@H]23)cc1. The van der Waals surface area contributed by atoms with E-state index in [1.165, 1.54) is 23.5 Å². The number of nitrogens with one attached hydrogen (secondary N) is 1. The van der Waals surface area contributed by atoms with Gasteiger partial charge >= 0.3 is 6.09 Å². The standard InChI is InChI=1S/C29H38N2O9S/c1-19(2)15-31(41(35,36)23-10-8-22(37-3)9-11-23)16-26(33)25(14-20-4-6-21(17-32)7-5-20)30-29(34)40-27-18-39-28-24(27)12-13-38-28/h4,6-11,14,17,19,24-28,33H,5,12-13,15-16,18H2,1-3H3,(H,30,34)/t24-,25-,26+,27?,28+/m0/s1. The maximum atomic E-state index is 13.6. The molecule has 0 spiro atoms. The van der Waals surface area contributed by atoms with E-state index in [-0.39, 0.29) is 36.4 Å². The predicted molar refractivity (Wildman–Crippen MR) is 150 cm³/mol. The van der Waals surface area contributed by atoms with Crippen LogP contribution in [0.15, 0.2) is 64.6 Å². The third kappa shape index (κ3) is 7.83. The number of benzene rings is 1. The Hall–Kier alpha value is -3.03. The Morgan fingerprint density at radius 1 is 1.20 bits per heavy atom. The van der Waals surface area contributed by atoms with E-state index in [0.29, 0.717) is 30.8 Å². The molecule has 1 aromatic carbocycles. The number of allylic oxidation sites excluding steroid dienone is 5.